The number of hydrogen-bond acceptors (Lipinski definition) is 3. The molecule has 0 aliphatic heterocycles. The second kappa shape index (κ2) is 4.41. The number of nitrogens with two attached hydrogens (primary N) is 1. The standard InChI is InChI=1S/C14H11FN4O/c1-8-6-11(9-2-4-10(15)5-3-9)18-14-12(13(16)20)17-7-19(8)14/h2-7H,1H3,(H2,16,20). The van der Waals surface area contributed by atoms with Gasteiger partial charge in [-0.25, -0.2) is 14.4 Å². The van der Waals surface area contributed by atoms with Crippen LogP contribution in [0.25, 0.3) is 16.9 Å². The first-order valence-corrected chi connectivity index (χ1v) is 5.96. The first kappa shape index (κ1) is 12.3. The van der Waals surface area contributed by atoms with Gasteiger partial charge in [0.1, 0.15) is 12.1 Å². The molecule has 0 spiro atoms. The number of aryl methyl sites for hydroxylation is 1. The zero-order valence-electron chi connectivity index (χ0n) is 10.7. The quantitative estimate of drug-likeness (QED) is 0.773. The van der Waals surface area contributed by atoms with Crippen LogP contribution in [0.5, 0.6) is 0 Å². The molecule has 0 aliphatic rings. The van der Waals surface area contributed by atoms with Crippen molar-refractivity contribution in [1.29, 1.82) is 0 Å². The van der Waals surface area contributed by atoms with Gasteiger partial charge in [0.25, 0.3) is 5.91 Å². The predicted molar refractivity (Wildman–Crippen MR) is 71.6 cm³/mol. The third-order valence-electron chi connectivity index (χ3n) is 3.07. The fraction of sp³-hybridized carbons (Fsp3) is 0.0714. The van der Waals surface area contributed by atoms with E-state index in [2.05, 4.69) is 9.97 Å². The highest BCUT2D eigenvalue weighted by Crippen LogP contribution is 2.21. The molecule has 0 aliphatic carbocycles. The molecule has 6 heteroatoms. The van der Waals surface area contributed by atoms with Crippen molar-refractivity contribution in [3.63, 3.8) is 0 Å². The summed E-state index contributed by atoms with van der Waals surface area (Å²) in [5.74, 6) is -0.940. The molecule has 2 aromatic heterocycles. The highest BCUT2D eigenvalue weighted by atomic mass is 19.1. The minimum Gasteiger partial charge on any atom is -0.364 e. The van der Waals surface area contributed by atoms with Gasteiger partial charge in [-0.2, -0.15) is 0 Å². The maximum atomic E-state index is 13.0. The summed E-state index contributed by atoms with van der Waals surface area (Å²) < 4.78 is 14.6. The second-order valence-electron chi connectivity index (χ2n) is 4.44. The average Bonchev–Trinajstić information content (AvgIpc) is 2.84. The van der Waals surface area contributed by atoms with E-state index in [9.17, 15) is 9.18 Å². The molecule has 2 heterocycles. The molecule has 0 atom stereocenters. The molecule has 0 saturated heterocycles. The Labute approximate surface area is 113 Å². The summed E-state index contributed by atoms with van der Waals surface area (Å²) in [6, 6.07) is 7.83. The van der Waals surface area contributed by atoms with Gasteiger partial charge in [-0.05, 0) is 37.3 Å². The molecule has 2 N–H and O–H groups in total. The number of rotatable bonds is 2. The number of benzene rings is 1. The van der Waals surface area contributed by atoms with Crippen LogP contribution in [0.2, 0.25) is 0 Å². The molecule has 0 saturated carbocycles. The molecule has 0 radical (unpaired) electrons. The fourth-order valence-electron chi connectivity index (χ4n) is 2.06. The van der Waals surface area contributed by atoms with E-state index in [-0.39, 0.29) is 11.5 Å². The molecule has 3 rings (SSSR count). The Balaban J connectivity index is 2.24. The number of amides is 1. The molecule has 20 heavy (non-hydrogen) atoms. The predicted octanol–water partition coefficient (Wildman–Crippen LogP) is 1.94. The van der Waals surface area contributed by atoms with Crippen molar-refractivity contribution in [2.24, 2.45) is 5.73 Å². The number of carbonyl (C=O) groups is 1. The summed E-state index contributed by atoms with van der Waals surface area (Å²) in [6.07, 6.45) is 1.51. The van der Waals surface area contributed by atoms with Crippen LogP contribution < -0.4 is 5.73 Å². The third kappa shape index (κ3) is 1.91. The van der Waals surface area contributed by atoms with Gasteiger partial charge < -0.3 is 5.73 Å². The van der Waals surface area contributed by atoms with Crippen molar-refractivity contribution in [3.05, 3.63) is 53.9 Å². The first-order valence-electron chi connectivity index (χ1n) is 5.96. The van der Waals surface area contributed by atoms with Crippen molar-refractivity contribution in [2.45, 2.75) is 6.92 Å². The van der Waals surface area contributed by atoms with Crippen LogP contribution in [-0.2, 0) is 0 Å². The van der Waals surface area contributed by atoms with E-state index in [4.69, 9.17) is 5.73 Å². The Morgan fingerprint density at radius 3 is 2.65 bits per heavy atom. The van der Waals surface area contributed by atoms with E-state index in [1.54, 1.807) is 16.5 Å². The van der Waals surface area contributed by atoms with E-state index in [1.807, 2.05) is 13.0 Å². The molecule has 0 unspecified atom stereocenters. The summed E-state index contributed by atoms with van der Waals surface area (Å²) >= 11 is 0. The lowest BCUT2D eigenvalue weighted by Crippen LogP contribution is -2.12. The summed E-state index contributed by atoms with van der Waals surface area (Å²) in [6.45, 7) is 1.87. The van der Waals surface area contributed by atoms with Crippen LogP contribution in [0.3, 0.4) is 0 Å². The molecular weight excluding hydrogens is 259 g/mol. The van der Waals surface area contributed by atoms with E-state index in [0.29, 0.717) is 11.3 Å². The van der Waals surface area contributed by atoms with Gasteiger partial charge in [0, 0.05) is 11.3 Å². The lowest BCUT2D eigenvalue weighted by atomic mass is 10.1. The van der Waals surface area contributed by atoms with Crippen molar-refractivity contribution in [3.8, 4) is 11.3 Å². The minimum atomic E-state index is -0.629. The Morgan fingerprint density at radius 2 is 2.00 bits per heavy atom. The zero-order valence-corrected chi connectivity index (χ0v) is 10.7. The number of hydrogen-bond donors (Lipinski definition) is 1. The largest absolute Gasteiger partial charge is 0.364 e. The molecule has 0 fully saturated rings. The smallest absolute Gasteiger partial charge is 0.271 e. The third-order valence-corrected chi connectivity index (χ3v) is 3.07. The minimum absolute atomic E-state index is 0.122. The van der Waals surface area contributed by atoms with Crippen molar-refractivity contribution < 1.29 is 9.18 Å². The summed E-state index contributed by atoms with van der Waals surface area (Å²) in [5.41, 5.74) is 8.05. The van der Waals surface area contributed by atoms with E-state index in [1.165, 1.54) is 18.5 Å². The lowest BCUT2D eigenvalue weighted by Gasteiger charge is -2.05. The Bertz CT molecular complexity index is 808. The average molecular weight is 270 g/mol. The highest BCUT2D eigenvalue weighted by Gasteiger charge is 2.14. The summed E-state index contributed by atoms with van der Waals surface area (Å²) in [5, 5.41) is 0. The Kier molecular flexibility index (Phi) is 2.71. The number of nitrogens with zero attached hydrogens (tertiary/aromatic N) is 3. The monoisotopic (exact) mass is 270 g/mol. The molecular formula is C14H11FN4O. The SMILES string of the molecule is Cc1cc(-c2ccc(F)cc2)nc2c(C(N)=O)ncn12. The van der Waals surface area contributed by atoms with Crippen molar-refractivity contribution >= 4 is 11.6 Å². The second-order valence-corrected chi connectivity index (χ2v) is 4.44. The van der Waals surface area contributed by atoms with Crippen LogP contribution in [0, 0.1) is 12.7 Å². The zero-order chi connectivity index (χ0) is 14.3. The molecule has 1 amide bonds. The van der Waals surface area contributed by atoms with Gasteiger partial charge in [-0.15, -0.1) is 0 Å². The topological polar surface area (TPSA) is 73.3 Å². The number of halogens is 1. The van der Waals surface area contributed by atoms with Crippen molar-refractivity contribution in [1.82, 2.24) is 14.4 Å². The van der Waals surface area contributed by atoms with E-state index in [0.717, 1.165) is 11.3 Å². The summed E-state index contributed by atoms with van der Waals surface area (Å²) in [7, 11) is 0. The molecule has 0 bridgehead atoms. The van der Waals surface area contributed by atoms with Crippen molar-refractivity contribution in [2.75, 3.05) is 0 Å². The number of primary amides is 1. The van der Waals surface area contributed by atoms with Crippen LogP contribution in [0.1, 0.15) is 16.2 Å². The summed E-state index contributed by atoms with van der Waals surface area (Å²) in [4.78, 5) is 19.7. The lowest BCUT2D eigenvalue weighted by molar-refractivity contribution is 0.0997. The first-order chi connectivity index (χ1) is 9.56. The van der Waals surface area contributed by atoms with Gasteiger partial charge in [0.2, 0.25) is 0 Å². The maximum Gasteiger partial charge on any atom is 0.271 e. The molecule has 1 aromatic carbocycles. The van der Waals surface area contributed by atoms with Crippen LogP contribution >= 0.6 is 0 Å². The Morgan fingerprint density at radius 1 is 1.30 bits per heavy atom. The highest BCUT2D eigenvalue weighted by molar-refractivity contribution is 5.97. The van der Waals surface area contributed by atoms with Gasteiger partial charge in [-0.1, -0.05) is 0 Å². The molecule has 100 valence electrons. The van der Waals surface area contributed by atoms with E-state index < -0.39 is 5.91 Å². The fourth-order valence-corrected chi connectivity index (χ4v) is 2.06. The maximum absolute atomic E-state index is 13.0. The van der Waals surface area contributed by atoms with Gasteiger partial charge >= 0.3 is 0 Å². The van der Waals surface area contributed by atoms with E-state index >= 15 is 0 Å². The van der Waals surface area contributed by atoms with Crippen LogP contribution in [0.4, 0.5) is 4.39 Å². The number of fused-ring (bicyclic) bond motifs is 1. The van der Waals surface area contributed by atoms with Gasteiger partial charge in [-0.3, -0.25) is 9.20 Å². The number of carbonyl (C=O) groups excluding carboxylic acids is 1. The molecule has 3 aromatic rings. The number of imidazole rings is 1. The van der Waals surface area contributed by atoms with Crippen LogP contribution in [-0.4, -0.2) is 20.3 Å². The van der Waals surface area contributed by atoms with Crippen LogP contribution in [0.15, 0.2) is 36.7 Å². The Hall–Kier alpha value is -2.76. The van der Waals surface area contributed by atoms with Gasteiger partial charge in [0.15, 0.2) is 11.3 Å². The normalized spacial score (nSPS) is 10.9. The number of aromatic nitrogens is 3. The molecule has 5 nitrogen and oxygen atoms in total. The van der Waals surface area contributed by atoms with Gasteiger partial charge in [0.05, 0.1) is 5.69 Å².